The normalized spacial score (nSPS) is 14.0. The second-order valence-corrected chi connectivity index (χ2v) is 11.9. The molecule has 0 saturated carbocycles. The fourth-order valence-corrected chi connectivity index (χ4v) is 6.96. The largest absolute Gasteiger partial charge is 0.250 e. The third-order valence-corrected chi connectivity index (χ3v) is 9.02. The van der Waals surface area contributed by atoms with Gasteiger partial charge in [-0.25, -0.2) is 26.3 Å². The van der Waals surface area contributed by atoms with E-state index in [1.54, 1.807) is 6.92 Å². The van der Waals surface area contributed by atoms with Gasteiger partial charge in [-0.3, -0.25) is 0 Å². The number of nitrogens with one attached hydrogen (secondary N) is 2. The minimum Gasteiger partial charge on any atom is -0.209 e. The van der Waals surface area contributed by atoms with E-state index in [0.717, 1.165) is 22.7 Å². The van der Waals surface area contributed by atoms with Gasteiger partial charge in [-0.05, 0) is 31.2 Å². The minimum absolute atomic E-state index is 0.0715. The number of hydrogen-bond donors (Lipinski definition) is 2. The van der Waals surface area contributed by atoms with E-state index in [4.69, 9.17) is 23.2 Å². The van der Waals surface area contributed by atoms with Gasteiger partial charge in [0, 0.05) is 12.6 Å². The predicted octanol–water partition coefficient (Wildman–Crippen LogP) is 2.76. The van der Waals surface area contributed by atoms with Gasteiger partial charge in [0.25, 0.3) is 0 Å². The van der Waals surface area contributed by atoms with Crippen LogP contribution in [0, 0.1) is 0 Å². The summed E-state index contributed by atoms with van der Waals surface area (Å²) in [6, 6.07) is 5.09. The summed E-state index contributed by atoms with van der Waals surface area (Å²) >= 11 is 13.3. The minimum atomic E-state index is -3.74. The summed E-state index contributed by atoms with van der Waals surface area (Å²) in [4.78, 5) is 0. The van der Waals surface area contributed by atoms with E-state index >= 15 is 0 Å². The fraction of sp³-hybridized carbons (Fsp3) is 0.273. The smallest absolute Gasteiger partial charge is 0.209 e. The topological polar surface area (TPSA) is 92.3 Å². The highest BCUT2D eigenvalue weighted by atomic mass is 35.5. The lowest BCUT2D eigenvalue weighted by molar-refractivity contribution is 0.547. The molecule has 2 heterocycles. The van der Waals surface area contributed by atoms with Crippen LogP contribution >= 0.6 is 45.9 Å². The Kier molecular flexibility index (Phi) is 6.12. The summed E-state index contributed by atoms with van der Waals surface area (Å²) in [7, 11) is -7.46. The van der Waals surface area contributed by atoms with Gasteiger partial charge in [0.15, 0.2) is 0 Å². The van der Waals surface area contributed by atoms with Crippen molar-refractivity contribution in [2.45, 2.75) is 21.4 Å². The lowest BCUT2D eigenvalue weighted by Crippen LogP contribution is -2.41. The highest BCUT2D eigenvalue weighted by Crippen LogP contribution is 2.26. The first kappa shape index (κ1) is 19.1. The molecule has 0 bridgehead atoms. The Morgan fingerprint density at radius 2 is 1.43 bits per heavy atom. The maximum atomic E-state index is 12.1. The van der Waals surface area contributed by atoms with E-state index in [9.17, 15) is 16.8 Å². The van der Waals surface area contributed by atoms with E-state index in [0.29, 0.717) is 8.67 Å². The molecule has 128 valence electrons. The molecule has 0 amide bonds. The van der Waals surface area contributed by atoms with E-state index in [-0.39, 0.29) is 15.0 Å². The highest BCUT2D eigenvalue weighted by Gasteiger charge is 2.22. The summed E-state index contributed by atoms with van der Waals surface area (Å²) < 4.78 is 53.9. The third-order valence-electron chi connectivity index (χ3n) is 2.56. The first-order valence-electron chi connectivity index (χ1n) is 6.13. The van der Waals surface area contributed by atoms with E-state index in [2.05, 4.69) is 9.44 Å². The molecule has 2 rings (SSSR count). The Morgan fingerprint density at radius 1 is 0.957 bits per heavy atom. The van der Waals surface area contributed by atoms with Gasteiger partial charge >= 0.3 is 0 Å². The second kappa shape index (κ2) is 7.36. The lowest BCUT2D eigenvalue weighted by atomic mass is 10.4. The number of thiophene rings is 2. The van der Waals surface area contributed by atoms with Gasteiger partial charge in [0.05, 0.1) is 8.67 Å². The van der Waals surface area contributed by atoms with Crippen molar-refractivity contribution in [1.82, 2.24) is 9.44 Å². The van der Waals surface area contributed by atoms with Crippen LogP contribution in [0.2, 0.25) is 8.67 Å². The van der Waals surface area contributed by atoms with Crippen molar-refractivity contribution in [1.29, 1.82) is 0 Å². The van der Waals surface area contributed by atoms with Crippen molar-refractivity contribution in [3.63, 3.8) is 0 Å². The van der Waals surface area contributed by atoms with Gasteiger partial charge in [-0.1, -0.05) is 23.2 Å². The molecule has 0 unspecified atom stereocenters. The molecule has 1 atom stereocenters. The Balaban J connectivity index is 1.99. The summed E-state index contributed by atoms with van der Waals surface area (Å²) in [6.45, 7) is 1.45. The molecule has 2 aromatic heterocycles. The van der Waals surface area contributed by atoms with Crippen molar-refractivity contribution in [3.8, 4) is 0 Å². The number of halogens is 2. The average Bonchev–Trinajstić information content (AvgIpc) is 3.05. The van der Waals surface area contributed by atoms with Crippen LogP contribution in [-0.4, -0.2) is 29.4 Å². The first-order chi connectivity index (χ1) is 10.6. The Bertz CT molecular complexity index is 889. The van der Waals surface area contributed by atoms with Gasteiger partial charge in [-0.2, -0.15) is 0 Å². The zero-order valence-electron chi connectivity index (χ0n) is 11.6. The summed E-state index contributed by atoms with van der Waals surface area (Å²) in [5.74, 6) is 0. The molecule has 0 radical (unpaired) electrons. The summed E-state index contributed by atoms with van der Waals surface area (Å²) in [5.41, 5.74) is 0. The monoisotopic (exact) mass is 434 g/mol. The molecule has 23 heavy (non-hydrogen) atoms. The van der Waals surface area contributed by atoms with Gasteiger partial charge in [0.1, 0.15) is 8.42 Å². The zero-order chi connectivity index (χ0) is 17.3. The number of sulfonamides is 2. The molecule has 0 aliphatic carbocycles. The molecule has 2 aromatic rings. The molecular weight excluding hydrogens is 423 g/mol. The van der Waals surface area contributed by atoms with Crippen LogP contribution in [0.25, 0.3) is 0 Å². The number of rotatable bonds is 7. The van der Waals surface area contributed by atoms with Crippen LogP contribution in [0.15, 0.2) is 32.7 Å². The third kappa shape index (κ3) is 5.13. The van der Waals surface area contributed by atoms with Crippen molar-refractivity contribution in [2.75, 3.05) is 6.54 Å². The number of hydrogen-bond acceptors (Lipinski definition) is 6. The molecule has 0 fully saturated rings. The molecule has 0 saturated heterocycles. The van der Waals surface area contributed by atoms with Gasteiger partial charge in [0.2, 0.25) is 20.0 Å². The Labute approximate surface area is 152 Å². The van der Waals surface area contributed by atoms with Crippen molar-refractivity contribution in [3.05, 3.63) is 32.9 Å². The SMILES string of the molecule is C[C@H](CNS(=O)(=O)c1ccc(Cl)s1)NS(=O)(=O)c1ccc(Cl)s1. The van der Waals surface area contributed by atoms with Crippen LogP contribution in [0.1, 0.15) is 6.92 Å². The van der Waals surface area contributed by atoms with E-state index < -0.39 is 26.1 Å². The Morgan fingerprint density at radius 3 is 1.87 bits per heavy atom. The fourth-order valence-electron chi connectivity index (χ4n) is 1.55. The summed E-state index contributed by atoms with van der Waals surface area (Å²) in [5, 5.41) is 0. The zero-order valence-corrected chi connectivity index (χ0v) is 16.4. The van der Waals surface area contributed by atoms with Gasteiger partial charge < -0.3 is 0 Å². The van der Waals surface area contributed by atoms with Crippen LogP contribution < -0.4 is 9.44 Å². The second-order valence-electron chi connectivity index (χ2n) is 4.49. The molecule has 12 heteroatoms. The van der Waals surface area contributed by atoms with E-state index in [1.807, 2.05) is 0 Å². The molecule has 2 N–H and O–H groups in total. The molecular formula is C11H12Cl2N2O4S4. The molecule has 0 aromatic carbocycles. The molecule has 0 aliphatic rings. The van der Waals surface area contributed by atoms with Gasteiger partial charge in [-0.15, -0.1) is 22.7 Å². The summed E-state index contributed by atoms with van der Waals surface area (Å²) in [6.07, 6.45) is 0. The first-order valence-corrected chi connectivity index (χ1v) is 11.5. The Hall–Kier alpha value is -0.200. The van der Waals surface area contributed by atoms with E-state index in [1.165, 1.54) is 24.3 Å². The van der Waals surface area contributed by atoms with Crippen LogP contribution in [0.4, 0.5) is 0 Å². The lowest BCUT2D eigenvalue weighted by Gasteiger charge is -2.14. The predicted molar refractivity (Wildman–Crippen MR) is 93.6 cm³/mol. The maximum Gasteiger partial charge on any atom is 0.250 e. The quantitative estimate of drug-likeness (QED) is 0.700. The van der Waals surface area contributed by atoms with Crippen LogP contribution in [0.3, 0.4) is 0 Å². The standard InChI is InChI=1S/C11H12Cl2N2O4S4/c1-7(15-23(18,19)11-5-3-9(13)21-11)6-14-22(16,17)10-4-2-8(12)20-10/h2-5,7,14-15H,6H2,1H3/t7-/m1/s1. The average molecular weight is 435 g/mol. The van der Waals surface area contributed by atoms with Crippen LogP contribution in [0.5, 0.6) is 0 Å². The van der Waals surface area contributed by atoms with Crippen LogP contribution in [-0.2, 0) is 20.0 Å². The molecule has 6 nitrogen and oxygen atoms in total. The molecule has 0 spiro atoms. The highest BCUT2D eigenvalue weighted by molar-refractivity contribution is 7.92. The van der Waals surface area contributed by atoms with Crippen molar-refractivity contribution < 1.29 is 16.8 Å². The van der Waals surface area contributed by atoms with Crippen molar-refractivity contribution in [2.24, 2.45) is 0 Å². The van der Waals surface area contributed by atoms with Crippen molar-refractivity contribution >= 4 is 65.9 Å². The molecule has 0 aliphatic heterocycles. The maximum absolute atomic E-state index is 12.1.